The number of furan rings is 1. The van der Waals surface area contributed by atoms with Crippen LogP contribution in [0, 0.1) is 13.8 Å². The number of carbonyl (C=O) groups excluding carboxylic acids is 1. The quantitative estimate of drug-likeness (QED) is 0.414. The molecule has 1 saturated heterocycles. The first-order chi connectivity index (χ1) is 11.1. The van der Waals surface area contributed by atoms with Gasteiger partial charge in [-0.3, -0.25) is 20.5 Å². The normalized spacial score (nSPS) is 15.2. The zero-order valence-corrected chi connectivity index (χ0v) is 14.4. The lowest BCUT2D eigenvalue weighted by molar-refractivity contribution is 0.0376. The lowest BCUT2D eigenvalue weighted by atomic mass is 10.2. The van der Waals surface area contributed by atoms with Crippen molar-refractivity contribution >= 4 is 23.2 Å². The predicted octanol–water partition coefficient (Wildman–Crippen LogP) is 0.728. The van der Waals surface area contributed by atoms with Crippen LogP contribution in [0.25, 0.3) is 0 Å². The van der Waals surface area contributed by atoms with Gasteiger partial charge in [-0.2, -0.15) is 0 Å². The summed E-state index contributed by atoms with van der Waals surface area (Å²) in [5, 5.41) is 3.47. The molecule has 1 aromatic heterocycles. The van der Waals surface area contributed by atoms with Crippen LogP contribution >= 0.6 is 12.2 Å². The minimum Gasteiger partial charge on any atom is -0.466 e. The molecule has 2 heterocycles. The number of hydrogen-bond donors (Lipinski definition) is 3. The van der Waals surface area contributed by atoms with Crippen molar-refractivity contribution in [3.8, 4) is 0 Å². The van der Waals surface area contributed by atoms with Crippen molar-refractivity contribution in [1.29, 1.82) is 0 Å². The largest absolute Gasteiger partial charge is 0.466 e. The highest BCUT2D eigenvalue weighted by Crippen LogP contribution is 2.12. The highest BCUT2D eigenvalue weighted by molar-refractivity contribution is 7.80. The fourth-order valence-electron chi connectivity index (χ4n) is 2.41. The van der Waals surface area contributed by atoms with E-state index in [9.17, 15) is 4.79 Å². The Morgan fingerprint density at radius 2 is 2.04 bits per heavy atom. The van der Waals surface area contributed by atoms with E-state index in [1.807, 2.05) is 0 Å². The van der Waals surface area contributed by atoms with Gasteiger partial charge < -0.3 is 14.5 Å². The third-order valence-electron chi connectivity index (χ3n) is 3.62. The van der Waals surface area contributed by atoms with Crippen LogP contribution in [0.5, 0.6) is 0 Å². The Morgan fingerprint density at radius 1 is 1.30 bits per heavy atom. The summed E-state index contributed by atoms with van der Waals surface area (Å²) in [5.74, 6) is 1.03. The highest BCUT2D eigenvalue weighted by atomic mass is 32.1. The maximum absolute atomic E-state index is 12.0. The van der Waals surface area contributed by atoms with Gasteiger partial charge in [0.1, 0.15) is 11.5 Å². The van der Waals surface area contributed by atoms with Gasteiger partial charge in [0, 0.05) is 19.6 Å². The second-order valence-electron chi connectivity index (χ2n) is 5.47. The Bertz CT molecular complexity index is 541. The molecule has 1 aromatic rings. The van der Waals surface area contributed by atoms with Crippen LogP contribution < -0.4 is 16.2 Å². The molecule has 0 unspecified atom stereocenters. The SMILES string of the molecule is Cc1cc(C(=O)NNC(=S)NCCCN2CCOCC2)c(C)o1. The minimum atomic E-state index is -0.267. The molecule has 1 aliphatic rings. The predicted molar refractivity (Wildman–Crippen MR) is 91.3 cm³/mol. The number of hydrazine groups is 1. The number of thiocarbonyl (C=S) groups is 1. The Labute approximate surface area is 141 Å². The number of rotatable bonds is 5. The summed E-state index contributed by atoms with van der Waals surface area (Å²) < 4.78 is 10.6. The van der Waals surface area contributed by atoms with E-state index in [0.717, 1.165) is 45.8 Å². The van der Waals surface area contributed by atoms with E-state index in [1.165, 1.54) is 0 Å². The van der Waals surface area contributed by atoms with E-state index in [1.54, 1.807) is 19.9 Å². The van der Waals surface area contributed by atoms with Gasteiger partial charge in [0.15, 0.2) is 5.11 Å². The molecule has 23 heavy (non-hydrogen) atoms. The van der Waals surface area contributed by atoms with Crippen LogP contribution in [0.3, 0.4) is 0 Å². The van der Waals surface area contributed by atoms with Crippen molar-refractivity contribution in [2.45, 2.75) is 20.3 Å². The molecule has 1 amide bonds. The fourth-order valence-corrected chi connectivity index (χ4v) is 2.56. The molecule has 0 radical (unpaired) electrons. The van der Waals surface area contributed by atoms with Gasteiger partial charge in [-0.1, -0.05) is 0 Å². The third-order valence-corrected chi connectivity index (χ3v) is 3.86. The number of morpholine rings is 1. The zero-order valence-electron chi connectivity index (χ0n) is 13.6. The number of nitrogens with one attached hydrogen (secondary N) is 3. The molecule has 0 saturated carbocycles. The first-order valence-corrected chi connectivity index (χ1v) is 8.18. The molecule has 1 fully saturated rings. The molecule has 0 aliphatic carbocycles. The summed E-state index contributed by atoms with van der Waals surface area (Å²) >= 11 is 5.14. The standard InChI is InChI=1S/C15H24N4O3S/c1-11-10-13(12(2)22-11)14(20)17-18-15(23)16-4-3-5-19-6-8-21-9-7-19/h10H,3-9H2,1-2H3,(H,17,20)(H2,16,18,23). The lowest BCUT2D eigenvalue weighted by Gasteiger charge is -2.26. The van der Waals surface area contributed by atoms with E-state index >= 15 is 0 Å². The van der Waals surface area contributed by atoms with Crippen LogP contribution in [0.2, 0.25) is 0 Å². The molecule has 8 heteroatoms. The summed E-state index contributed by atoms with van der Waals surface area (Å²) in [6, 6.07) is 1.70. The highest BCUT2D eigenvalue weighted by Gasteiger charge is 2.13. The molecule has 7 nitrogen and oxygen atoms in total. The molecule has 128 valence electrons. The Morgan fingerprint density at radius 3 is 2.70 bits per heavy atom. The van der Waals surface area contributed by atoms with Gasteiger partial charge in [-0.05, 0) is 45.1 Å². The Balaban J connectivity index is 1.59. The first-order valence-electron chi connectivity index (χ1n) is 7.77. The van der Waals surface area contributed by atoms with E-state index in [4.69, 9.17) is 21.4 Å². The molecular weight excluding hydrogens is 316 g/mol. The van der Waals surface area contributed by atoms with Gasteiger partial charge in [0.05, 0.1) is 18.8 Å². The van der Waals surface area contributed by atoms with Crippen LogP contribution in [0.15, 0.2) is 10.5 Å². The van der Waals surface area contributed by atoms with E-state index in [-0.39, 0.29) is 5.91 Å². The van der Waals surface area contributed by atoms with E-state index in [0.29, 0.717) is 22.2 Å². The number of carbonyl (C=O) groups is 1. The Hall–Kier alpha value is -1.64. The average molecular weight is 340 g/mol. The zero-order chi connectivity index (χ0) is 16.7. The molecule has 3 N–H and O–H groups in total. The molecule has 1 aliphatic heterocycles. The molecule has 0 aromatic carbocycles. The summed E-state index contributed by atoms with van der Waals surface area (Å²) in [7, 11) is 0. The molecular formula is C15H24N4O3S. The maximum atomic E-state index is 12.0. The molecule has 2 rings (SSSR count). The first kappa shape index (κ1) is 17.7. The van der Waals surface area contributed by atoms with Crippen LogP contribution in [-0.4, -0.2) is 55.3 Å². The summed E-state index contributed by atoms with van der Waals surface area (Å²) in [6.07, 6.45) is 0.982. The van der Waals surface area contributed by atoms with Gasteiger partial charge in [-0.15, -0.1) is 0 Å². The topological polar surface area (TPSA) is 78.8 Å². The van der Waals surface area contributed by atoms with Gasteiger partial charge in [0.25, 0.3) is 5.91 Å². The lowest BCUT2D eigenvalue weighted by Crippen LogP contribution is -2.47. The number of hydrogen-bond acceptors (Lipinski definition) is 5. The van der Waals surface area contributed by atoms with Crippen molar-refractivity contribution in [3.05, 3.63) is 23.2 Å². The number of aryl methyl sites for hydroxylation is 2. The van der Waals surface area contributed by atoms with Crippen molar-refractivity contribution in [2.75, 3.05) is 39.4 Å². The smallest absolute Gasteiger partial charge is 0.273 e. The minimum absolute atomic E-state index is 0.267. The number of nitrogens with zero attached hydrogens (tertiary/aromatic N) is 1. The number of ether oxygens (including phenoxy) is 1. The average Bonchev–Trinajstić information content (AvgIpc) is 2.89. The second kappa shape index (κ2) is 8.85. The van der Waals surface area contributed by atoms with E-state index in [2.05, 4.69) is 21.1 Å². The molecule has 0 spiro atoms. The van der Waals surface area contributed by atoms with Gasteiger partial charge in [0.2, 0.25) is 0 Å². The Kier molecular flexibility index (Phi) is 6.82. The van der Waals surface area contributed by atoms with Crippen molar-refractivity contribution < 1.29 is 13.9 Å². The monoisotopic (exact) mass is 340 g/mol. The van der Waals surface area contributed by atoms with Crippen LogP contribution in [0.1, 0.15) is 28.3 Å². The van der Waals surface area contributed by atoms with Crippen LogP contribution in [0.4, 0.5) is 0 Å². The van der Waals surface area contributed by atoms with Crippen molar-refractivity contribution in [1.82, 2.24) is 21.1 Å². The summed E-state index contributed by atoms with van der Waals surface area (Å²) in [4.78, 5) is 14.3. The fraction of sp³-hybridized carbons (Fsp3) is 0.600. The van der Waals surface area contributed by atoms with Crippen molar-refractivity contribution in [3.63, 3.8) is 0 Å². The van der Waals surface area contributed by atoms with Gasteiger partial charge in [-0.25, -0.2) is 0 Å². The summed E-state index contributed by atoms with van der Waals surface area (Å²) in [6.45, 7) is 8.92. The number of amides is 1. The third kappa shape index (κ3) is 5.81. The van der Waals surface area contributed by atoms with Gasteiger partial charge >= 0.3 is 0 Å². The second-order valence-corrected chi connectivity index (χ2v) is 5.88. The maximum Gasteiger partial charge on any atom is 0.273 e. The van der Waals surface area contributed by atoms with Crippen LogP contribution in [-0.2, 0) is 4.74 Å². The molecule has 0 atom stereocenters. The van der Waals surface area contributed by atoms with E-state index < -0.39 is 0 Å². The summed E-state index contributed by atoms with van der Waals surface area (Å²) in [5.41, 5.74) is 5.77. The molecule has 0 bridgehead atoms. The van der Waals surface area contributed by atoms with Crippen molar-refractivity contribution in [2.24, 2.45) is 0 Å².